The van der Waals surface area contributed by atoms with Crippen LogP contribution in [0.25, 0.3) is 5.69 Å². The van der Waals surface area contributed by atoms with Crippen molar-refractivity contribution in [1.82, 2.24) is 20.4 Å². The van der Waals surface area contributed by atoms with Crippen LogP contribution in [0.1, 0.15) is 11.1 Å². The number of methoxy groups -OCH3 is 1. The van der Waals surface area contributed by atoms with Gasteiger partial charge in [0.15, 0.2) is 5.96 Å². The number of rotatable bonds is 6. The van der Waals surface area contributed by atoms with Gasteiger partial charge in [-0.2, -0.15) is 5.10 Å². The molecule has 0 aliphatic carbocycles. The highest BCUT2D eigenvalue weighted by atomic mass is 127. The zero-order valence-corrected chi connectivity index (χ0v) is 17.8. The zero-order chi connectivity index (χ0) is 18.2. The Hall–Kier alpha value is -2.55. The van der Waals surface area contributed by atoms with E-state index in [1.54, 1.807) is 20.4 Å². The number of nitrogens with zero attached hydrogens (tertiary/aromatic N) is 3. The third kappa shape index (κ3) is 5.72. The van der Waals surface area contributed by atoms with E-state index in [-0.39, 0.29) is 24.0 Å². The van der Waals surface area contributed by atoms with Crippen molar-refractivity contribution >= 4 is 29.9 Å². The lowest BCUT2D eigenvalue weighted by Crippen LogP contribution is -2.36. The van der Waals surface area contributed by atoms with Crippen molar-refractivity contribution in [1.29, 1.82) is 0 Å². The van der Waals surface area contributed by atoms with Crippen molar-refractivity contribution in [3.63, 3.8) is 0 Å². The lowest BCUT2D eigenvalue weighted by atomic mass is 10.2. The third-order valence-electron chi connectivity index (χ3n) is 4.03. The summed E-state index contributed by atoms with van der Waals surface area (Å²) < 4.78 is 7.21. The highest BCUT2D eigenvalue weighted by Gasteiger charge is 2.04. The summed E-state index contributed by atoms with van der Waals surface area (Å²) in [6.45, 7) is 1.33. The van der Waals surface area contributed by atoms with Crippen LogP contribution in [0.3, 0.4) is 0 Å². The topological polar surface area (TPSA) is 63.5 Å². The number of aromatic nitrogens is 2. The van der Waals surface area contributed by atoms with Gasteiger partial charge in [-0.05, 0) is 29.8 Å². The molecule has 0 unspecified atom stereocenters. The van der Waals surface area contributed by atoms with Gasteiger partial charge in [-0.1, -0.05) is 30.3 Å². The van der Waals surface area contributed by atoms with E-state index in [1.165, 1.54) is 5.56 Å². The van der Waals surface area contributed by atoms with Crippen LogP contribution < -0.4 is 15.4 Å². The van der Waals surface area contributed by atoms with Crippen LogP contribution in [0.4, 0.5) is 0 Å². The van der Waals surface area contributed by atoms with E-state index in [9.17, 15) is 0 Å². The van der Waals surface area contributed by atoms with Crippen LogP contribution in [-0.4, -0.2) is 29.9 Å². The minimum absolute atomic E-state index is 0. The van der Waals surface area contributed by atoms with E-state index >= 15 is 0 Å². The SMILES string of the molecule is CN=C(NCc1ccc(-n2cccn2)cc1)NCc1ccccc1OC.I. The van der Waals surface area contributed by atoms with Crippen molar-refractivity contribution in [2.45, 2.75) is 13.1 Å². The molecule has 1 aromatic heterocycles. The van der Waals surface area contributed by atoms with Crippen molar-refractivity contribution in [2.24, 2.45) is 4.99 Å². The van der Waals surface area contributed by atoms with Gasteiger partial charge < -0.3 is 15.4 Å². The van der Waals surface area contributed by atoms with Crippen molar-refractivity contribution in [2.75, 3.05) is 14.2 Å². The first-order valence-electron chi connectivity index (χ1n) is 8.45. The van der Waals surface area contributed by atoms with Gasteiger partial charge >= 0.3 is 0 Å². The van der Waals surface area contributed by atoms with Crippen LogP contribution in [0.5, 0.6) is 5.75 Å². The normalized spacial score (nSPS) is 10.8. The Kier molecular flexibility index (Phi) is 8.12. The van der Waals surface area contributed by atoms with Gasteiger partial charge in [0, 0.05) is 38.1 Å². The molecule has 0 aliphatic rings. The number of benzene rings is 2. The summed E-state index contributed by atoms with van der Waals surface area (Å²) >= 11 is 0. The quantitative estimate of drug-likeness (QED) is 0.325. The van der Waals surface area contributed by atoms with Crippen molar-refractivity contribution < 1.29 is 4.74 Å². The average molecular weight is 477 g/mol. The fraction of sp³-hybridized carbons (Fsp3) is 0.200. The number of ether oxygens (including phenoxy) is 1. The van der Waals surface area contributed by atoms with E-state index in [1.807, 2.05) is 41.2 Å². The molecule has 3 aromatic rings. The van der Waals surface area contributed by atoms with Crippen molar-refractivity contribution in [3.05, 3.63) is 78.1 Å². The number of aliphatic imine (C=N–C) groups is 1. The van der Waals surface area contributed by atoms with E-state index in [4.69, 9.17) is 4.74 Å². The lowest BCUT2D eigenvalue weighted by Gasteiger charge is -2.14. The van der Waals surface area contributed by atoms with Crippen LogP contribution in [0.2, 0.25) is 0 Å². The molecule has 0 fully saturated rings. The maximum atomic E-state index is 5.38. The molecule has 0 atom stereocenters. The molecule has 0 radical (unpaired) electrons. The highest BCUT2D eigenvalue weighted by Crippen LogP contribution is 2.16. The molecule has 0 spiro atoms. The molecule has 0 saturated heterocycles. The van der Waals surface area contributed by atoms with Gasteiger partial charge in [0.25, 0.3) is 0 Å². The Labute approximate surface area is 176 Å². The lowest BCUT2D eigenvalue weighted by molar-refractivity contribution is 0.409. The summed E-state index contributed by atoms with van der Waals surface area (Å²) in [6, 6.07) is 18.1. The van der Waals surface area contributed by atoms with E-state index in [0.717, 1.165) is 23.0 Å². The number of hydrogen-bond acceptors (Lipinski definition) is 3. The number of para-hydroxylation sites is 1. The van der Waals surface area contributed by atoms with Gasteiger partial charge in [0.1, 0.15) is 5.75 Å². The Morgan fingerprint density at radius 2 is 1.78 bits per heavy atom. The number of hydrogen-bond donors (Lipinski definition) is 2. The average Bonchev–Trinajstić information content (AvgIpc) is 3.23. The molecule has 0 saturated carbocycles. The van der Waals surface area contributed by atoms with Crippen LogP contribution >= 0.6 is 24.0 Å². The molecule has 0 bridgehead atoms. The first-order chi connectivity index (χ1) is 12.8. The second kappa shape index (κ2) is 10.6. The van der Waals surface area contributed by atoms with Crippen LogP contribution in [0, 0.1) is 0 Å². The standard InChI is InChI=1S/C20H23N5O.HI/c1-21-20(23-15-17-6-3-4-7-19(17)26-2)22-14-16-8-10-18(11-9-16)25-13-5-12-24-25;/h3-13H,14-15H2,1-2H3,(H2,21,22,23);1H. The molecule has 7 heteroatoms. The molecule has 6 nitrogen and oxygen atoms in total. The van der Waals surface area contributed by atoms with Gasteiger partial charge in [0.2, 0.25) is 0 Å². The summed E-state index contributed by atoms with van der Waals surface area (Å²) in [5.41, 5.74) is 3.29. The smallest absolute Gasteiger partial charge is 0.191 e. The maximum Gasteiger partial charge on any atom is 0.191 e. The third-order valence-corrected chi connectivity index (χ3v) is 4.03. The van der Waals surface area contributed by atoms with Gasteiger partial charge in [-0.25, -0.2) is 4.68 Å². The fourth-order valence-corrected chi connectivity index (χ4v) is 2.62. The maximum absolute atomic E-state index is 5.38. The second-order valence-electron chi connectivity index (χ2n) is 5.71. The van der Waals surface area contributed by atoms with E-state index in [2.05, 4.69) is 45.0 Å². The Bertz CT molecular complexity index is 847. The molecule has 3 rings (SSSR count). The molecule has 2 aromatic carbocycles. The molecule has 0 aliphatic heterocycles. The Balaban J connectivity index is 0.00000261. The summed E-state index contributed by atoms with van der Waals surface area (Å²) in [7, 11) is 3.44. The first kappa shape index (κ1) is 20.8. The number of halogens is 1. The molecule has 27 heavy (non-hydrogen) atoms. The zero-order valence-electron chi connectivity index (χ0n) is 15.4. The fourth-order valence-electron chi connectivity index (χ4n) is 2.62. The number of guanidine groups is 1. The monoisotopic (exact) mass is 477 g/mol. The number of nitrogens with one attached hydrogen (secondary N) is 2. The largest absolute Gasteiger partial charge is 0.496 e. The van der Waals surface area contributed by atoms with Gasteiger partial charge in [-0.15, -0.1) is 24.0 Å². The second-order valence-corrected chi connectivity index (χ2v) is 5.71. The van der Waals surface area contributed by atoms with Gasteiger partial charge in [-0.3, -0.25) is 4.99 Å². The van der Waals surface area contributed by atoms with E-state index < -0.39 is 0 Å². The van der Waals surface area contributed by atoms with Crippen molar-refractivity contribution in [3.8, 4) is 11.4 Å². The minimum Gasteiger partial charge on any atom is -0.496 e. The molecular formula is C20H24IN5O. The highest BCUT2D eigenvalue weighted by molar-refractivity contribution is 14.0. The predicted octanol–water partition coefficient (Wildman–Crippen LogP) is 3.36. The van der Waals surface area contributed by atoms with E-state index in [0.29, 0.717) is 13.1 Å². The minimum atomic E-state index is 0. The molecule has 0 amide bonds. The Morgan fingerprint density at radius 3 is 2.44 bits per heavy atom. The Morgan fingerprint density at radius 1 is 1.04 bits per heavy atom. The molecule has 1 heterocycles. The van der Waals surface area contributed by atoms with Crippen LogP contribution in [-0.2, 0) is 13.1 Å². The summed E-state index contributed by atoms with van der Waals surface area (Å²) in [5, 5.41) is 10.9. The first-order valence-corrected chi connectivity index (χ1v) is 8.45. The summed E-state index contributed by atoms with van der Waals surface area (Å²) in [4.78, 5) is 4.27. The molecule has 142 valence electrons. The molecular weight excluding hydrogens is 453 g/mol. The predicted molar refractivity (Wildman–Crippen MR) is 119 cm³/mol. The van der Waals surface area contributed by atoms with Gasteiger partial charge in [0.05, 0.1) is 12.8 Å². The molecule has 2 N–H and O–H groups in total. The van der Waals surface area contributed by atoms with Crippen LogP contribution in [0.15, 0.2) is 72.0 Å². The summed E-state index contributed by atoms with van der Waals surface area (Å²) in [5.74, 6) is 1.61. The summed E-state index contributed by atoms with van der Waals surface area (Å²) in [6.07, 6.45) is 3.70.